The van der Waals surface area contributed by atoms with Gasteiger partial charge in [-0.1, -0.05) is 32.9 Å². The van der Waals surface area contributed by atoms with Crippen LogP contribution in [0.15, 0.2) is 24.3 Å². The van der Waals surface area contributed by atoms with Gasteiger partial charge in [0.05, 0.1) is 0 Å². The van der Waals surface area contributed by atoms with Crippen molar-refractivity contribution < 1.29 is 4.39 Å². The van der Waals surface area contributed by atoms with E-state index in [1.165, 1.54) is 18.4 Å². The number of piperazine rings is 1. The number of halogens is 1. The van der Waals surface area contributed by atoms with Crippen molar-refractivity contribution in [3.05, 3.63) is 35.6 Å². The lowest BCUT2D eigenvalue weighted by molar-refractivity contribution is 0.0688. The van der Waals surface area contributed by atoms with Crippen LogP contribution < -0.4 is 5.32 Å². The molecule has 0 radical (unpaired) electrons. The van der Waals surface area contributed by atoms with Crippen molar-refractivity contribution in [3.8, 4) is 0 Å². The minimum absolute atomic E-state index is 0.148. The van der Waals surface area contributed by atoms with E-state index in [0.717, 1.165) is 25.6 Å². The zero-order valence-corrected chi connectivity index (χ0v) is 13.4. The molecule has 1 aromatic carbocycles. The van der Waals surface area contributed by atoms with E-state index < -0.39 is 0 Å². The summed E-state index contributed by atoms with van der Waals surface area (Å²) in [5.74, 6) is 0.712. The molecule has 1 aromatic rings. The number of hydrogen-bond acceptors (Lipinski definition) is 2. The smallest absolute Gasteiger partial charge is 0.123 e. The number of nitrogens with one attached hydrogen (secondary N) is 1. The molecule has 1 saturated carbocycles. The average Bonchev–Trinajstić information content (AvgIpc) is 3.25. The Bertz CT molecular complexity index is 473. The molecule has 0 amide bonds. The minimum Gasteiger partial charge on any atom is -0.311 e. The molecule has 2 atom stereocenters. The molecule has 3 rings (SSSR count). The molecule has 1 aliphatic heterocycles. The van der Waals surface area contributed by atoms with Gasteiger partial charge >= 0.3 is 0 Å². The number of hydrogen-bond donors (Lipinski definition) is 1. The van der Waals surface area contributed by atoms with Gasteiger partial charge in [0.1, 0.15) is 5.82 Å². The summed E-state index contributed by atoms with van der Waals surface area (Å²) in [6.45, 7) is 10.0. The normalized spacial score (nSPS) is 27.8. The van der Waals surface area contributed by atoms with Crippen molar-refractivity contribution in [2.45, 2.75) is 52.2 Å². The molecule has 21 heavy (non-hydrogen) atoms. The summed E-state index contributed by atoms with van der Waals surface area (Å²) in [5, 5.41) is 3.75. The Morgan fingerprint density at radius 1 is 1.19 bits per heavy atom. The number of rotatable bonds is 3. The average molecular weight is 290 g/mol. The molecular formula is C18H27FN2. The van der Waals surface area contributed by atoms with E-state index in [1.807, 2.05) is 12.1 Å². The van der Waals surface area contributed by atoms with Crippen LogP contribution in [0.3, 0.4) is 0 Å². The fourth-order valence-corrected chi connectivity index (χ4v) is 3.36. The molecule has 2 aliphatic rings. The van der Waals surface area contributed by atoms with Gasteiger partial charge in [-0.05, 0) is 41.9 Å². The lowest BCUT2D eigenvalue weighted by Gasteiger charge is -2.45. The second-order valence-corrected chi connectivity index (χ2v) is 7.79. The van der Waals surface area contributed by atoms with Crippen LogP contribution in [-0.2, 0) is 6.54 Å². The second-order valence-electron chi connectivity index (χ2n) is 7.79. The molecule has 1 heterocycles. The Hall–Kier alpha value is -0.930. The van der Waals surface area contributed by atoms with Crippen LogP contribution in [0, 0.1) is 17.2 Å². The van der Waals surface area contributed by atoms with E-state index in [4.69, 9.17) is 0 Å². The summed E-state index contributed by atoms with van der Waals surface area (Å²) < 4.78 is 13.1. The van der Waals surface area contributed by atoms with Gasteiger partial charge in [-0.2, -0.15) is 0 Å². The van der Waals surface area contributed by atoms with E-state index in [9.17, 15) is 4.39 Å². The van der Waals surface area contributed by atoms with Crippen LogP contribution in [-0.4, -0.2) is 30.1 Å². The largest absolute Gasteiger partial charge is 0.311 e. The summed E-state index contributed by atoms with van der Waals surface area (Å²) >= 11 is 0. The van der Waals surface area contributed by atoms with Crippen molar-refractivity contribution in [1.82, 2.24) is 10.2 Å². The SMILES string of the molecule is CC(C)(C)C1CN(Cc2ccc(F)cc2)C(C2CC2)CN1. The van der Waals surface area contributed by atoms with Crippen LogP contribution in [0.2, 0.25) is 0 Å². The zero-order chi connectivity index (χ0) is 15.0. The summed E-state index contributed by atoms with van der Waals surface area (Å²) in [6.07, 6.45) is 2.74. The first-order chi connectivity index (χ1) is 9.93. The van der Waals surface area contributed by atoms with E-state index in [-0.39, 0.29) is 11.2 Å². The monoisotopic (exact) mass is 290 g/mol. The highest BCUT2D eigenvalue weighted by molar-refractivity contribution is 5.16. The summed E-state index contributed by atoms with van der Waals surface area (Å²) in [4.78, 5) is 2.62. The highest BCUT2D eigenvalue weighted by Gasteiger charge is 2.40. The third kappa shape index (κ3) is 3.64. The number of nitrogens with zero attached hydrogens (tertiary/aromatic N) is 1. The molecule has 0 spiro atoms. The molecular weight excluding hydrogens is 263 g/mol. The van der Waals surface area contributed by atoms with Gasteiger partial charge in [-0.25, -0.2) is 4.39 Å². The molecule has 0 aromatic heterocycles. The van der Waals surface area contributed by atoms with Crippen LogP contribution in [0.1, 0.15) is 39.2 Å². The molecule has 1 N–H and O–H groups in total. The Kier molecular flexibility index (Phi) is 4.06. The highest BCUT2D eigenvalue weighted by atomic mass is 19.1. The summed E-state index contributed by atoms with van der Waals surface area (Å²) in [5.41, 5.74) is 1.49. The first-order valence-corrected chi connectivity index (χ1v) is 8.15. The molecule has 2 unspecified atom stereocenters. The Labute approximate surface area is 127 Å². The van der Waals surface area contributed by atoms with Crippen molar-refractivity contribution in [1.29, 1.82) is 0 Å². The van der Waals surface area contributed by atoms with E-state index in [2.05, 4.69) is 31.0 Å². The van der Waals surface area contributed by atoms with E-state index >= 15 is 0 Å². The van der Waals surface area contributed by atoms with Crippen LogP contribution >= 0.6 is 0 Å². The maximum Gasteiger partial charge on any atom is 0.123 e. The quantitative estimate of drug-likeness (QED) is 0.917. The Morgan fingerprint density at radius 2 is 1.86 bits per heavy atom. The summed E-state index contributed by atoms with van der Waals surface area (Å²) in [7, 11) is 0. The van der Waals surface area contributed by atoms with E-state index in [1.54, 1.807) is 12.1 Å². The molecule has 1 saturated heterocycles. The van der Waals surface area contributed by atoms with Gasteiger partial charge in [0.15, 0.2) is 0 Å². The Balaban J connectivity index is 1.72. The minimum atomic E-state index is -0.148. The maximum absolute atomic E-state index is 13.1. The van der Waals surface area contributed by atoms with Gasteiger partial charge in [-0.15, -0.1) is 0 Å². The fraction of sp³-hybridized carbons (Fsp3) is 0.667. The zero-order valence-electron chi connectivity index (χ0n) is 13.4. The molecule has 0 bridgehead atoms. The van der Waals surface area contributed by atoms with Crippen molar-refractivity contribution in [2.75, 3.05) is 13.1 Å². The molecule has 2 nitrogen and oxygen atoms in total. The van der Waals surface area contributed by atoms with Crippen molar-refractivity contribution in [3.63, 3.8) is 0 Å². The lowest BCUT2D eigenvalue weighted by atomic mass is 9.84. The second kappa shape index (κ2) is 5.69. The third-order valence-electron chi connectivity index (χ3n) is 4.97. The van der Waals surface area contributed by atoms with Crippen LogP contribution in [0.4, 0.5) is 4.39 Å². The van der Waals surface area contributed by atoms with E-state index in [0.29, 0.717) is 12.1 Å². The Morgan fingerprint density at radius 3 is 2.43 bits per heavy atom. The lowest BCUT2D eigenvalue weighted by Crippen LogP contribution is -2.60. The molecule has 1 aliphatic carbocycles. The van der Waals surface area contributed by atoms with Gasteiger partial charge < -0.3 is 5.32 Å². The van der Waals surface area contributed by atoms with Gasteiger partial charge in [0, 0.05) is 31.7 Å². The standard InChI is InChI=1S/C18H27FN2/c1-18(2,3)17-12-21(16(10-20-17)14-6-7-14)11-13-4-8-15(19)9-5-13/h4-5,8-9,14,16-17,20H,6-7,10-12H2,1-3H3. The van der Waals surface area contributed by atoms with Crippen LogP contribution in [0.25, 0.3) is 0 Å². The predicted octanol–water partition coefficient (Wildman–Crippen LogP) is 3.42. The topological polar surface area (TPSA) is 15.3 Å². The number of benzene rings is 1. The predicted molar refractivity (Wildman–Crippen MR) is 84.6 cm³/mol. The van der Waals surface area contributed by atoms with Gasteiger partial charge in [0.2, 0.25) is 0 Å². The fourth-order valence-electron chi connectivity index (χ4n) is 3.36. The van der Waals surface area contributed by atoms with Crippen molar-refractivity contribution in [2.24, 2.45) is 11.3 Å². The third-order valence-corrected chi connectivity index (χ3v) is 4.97. The first-order valence-electron chi connectivity index (χ1n) is 8.15. The highest BCUT2D eigenvalue weighted by Crippen LogP contribution is 2.38. The van der Waals surface area contributed by atoms with Crippen LogP contribution in [0.5, 0.6) is 0 Å². The first kappa shape index (κ1) is 15.0. The molecule has 116 valence electrons. The van der Waals surface area contributed by atoms with Gasteiger partial charge in [0.25, 0.3) is 0 Å². The molecule has 2 fully saturated rings. The summed E-state index contributed by atoms with van der Waals surface area (Å²) in [6, 6.07) is 8.16. The van der Waals surface area contributed by atoms with Crippen molar-refractivity contribution >= 4 is 0 Å². The maximum atomic E-state index is 13.1. The van der Waals surface area contributed by atoms with Gasteiger partial charge in [-0.3, -0.25) is 4.90 Å². The molecule has 3 heteroatoms.